The van der Waals surface area contributed by atoms with Crippen molar-refractivity contribution in [1.29, 1.82) is 0 Å². The third-order valence-corrected chi connectivity index (χ3v) is 7.22. The molecule has 190 valence electrons. The zero-order valence-corrected chi connectivity index (χ0v) is 20.6. The first-order chi connectivity index (χ1) is 16.9. The summed E-state index contributed by atoms with van der Waals surface area (Å²) in [6.45, 7) is 3.43. The van der Waals surface area contributed by atoms with Crippen LogP contribution in [0, 0.1) is 18.7 Å². The molecule has 1 saturated heterocycles. The second-order valence-corrected chi connectivity index (χ2v) is 9.41. The summed E-state index contributed by atoms with van der Waals surface area (Å²) in [6.07, 6.45) is 4.28. The van der Waals surface area contributed by atoms with E-state index in [1.807, 2.05) is 6.07 Å². The van der Waals surface area contributed by atoms with Crippen LogP contribution in [0.4, 0.5) is 10.1 Å². The number of ether oxygens (including phenoxy) is 4. The number of hydrogen-bond acceptors (Lipinski definition) is 6. The molecule has 1 aliphatic heterocycles. The van der Waals surface area contributed by atoms with E-state index in [2.05, 4.69) is 5.32 Å². The lowest BCUT2D eigenvalue weighted by Crippen LogP contribution is -2.50. The molecule has 1 heterocycles. The Morgan fingerprint density at radius 1 is 1.17 bits per heavy atom. The van der Waals surface area contributed by atoms with Gasteiger partial charge in [-0.25, -0.2) is 9.18 Å². The van der Waals surface area contributed by atoms with Gasteiger partial charge in [0.1, 0.15) is 11.3 Å². The topological polar surface area (TPSA) is 86.3 Å². The van der Waals surface area contributed by atoms with E-state index in [1.165, 1.54) is 26.4 Å². The number of carboxylic acids is 1. The molecule has 2 aromatic rings. The monoisotopic (exact) mass is 487 g/mol. The SMILES string of the molecule is COc1cc(-c2ccc(NC3(C(=O)O)CCOCC3)cc2COCC2CCC2)c(F)c(OC)c1C. The van der Waals surface area contributed by atoms with Gasteiger partial charge in [-0.1, -0.05) is 12.5 Å². The lowest BCUT2D eigenvalue weighted by Gasteiger charge is -2.35. The molecule has 0 radical (unpaired) electrons. The van der Waals surface area contributed by atoms with Crippen molar-refractivity contribution in [1.82, 2.24) is 0 Å². The number of anilines is 1. The van der Waals surface area contributed by atoms with Gasteiger partial charge in [0.05, 0.1) is 20.8 Å². The molecule has 0 unspecified atom stereocenters. The van der Waals surface area contributed by atoms with Gasteiger partial charge in [-0.05, 0) is 55.0 Å². The number of halogens is 1. The minimum Gasteiger partial charge on any atom is -0.496 e. The summed E-state index contributed by atoms with van der Waals surface area (Å²) < 4.78 is 37.8. The highest BCUT2D eigenvalue weighted by atomic mass is 19.1. The van der Waals surface area contributed by atoms with E-state index in [9.17, 15) is 9.90 Å². The number of aliphatic carboxylic acids is 1. The first kappa shape index (κ1) is 25.3. The van der Waals surface area contributed by atoms with E-state index in [4.69, 9.17) is 18.9 Å². The summed E-state index contributed by atoms with van der Waals surface area (Å²) in [5, 5.41) is 13.2. The number of nitrogens with one attached hydrogen (secondary N) is 1. The maximum absolute atomic E-state index is 15.5. The number of methoxy groups -OCH3 is 2. The Morgan fingerprint density at radius 2 is 1.91 bits per heavy atom. The summed E-state index contributed by atoms with van der Waals surface area (Å²) in [4.78, 5) is 12.1. The van der Waals surface area contributed by atoms with Crippen LogP contribution in [0.3, 0.4) is 0 Å². The van der Waals surface area contributed by atoms with Crippen molar-refractivity contribution in [3.63, 3.8) is 0 Å². The van der Waals surface area contributed by atoms with Crippen molar-refractivity contribution < 1.29 is 33.2 Å². The van der Waals surface area contributed by atoms with Crippen molar-refractivity contribution in [2.24, 2.45) is 5.92 Å². The molecule has 7 nitrogen and oxygen atoms in total. The number of carbonyl (C=O) groups is 1. The fourth-order valence-corrected chi connectivity index (χ4v) is 4.79. The molecule has 4 rings (SSSR count). The highest BCUT2D eigenvalue weighted by Crippen LogP contribution is 2.40. The Hall–Kier alpha value is -2.84. The normalized spacial score (nSPS) is 17.5. The van der Waals surface area contributed by atoms with E-state index < -0.39 is 17.3 Å². The molecule has 0 amide bonds. The molecule has 1 saturated carbocycles. The quantitative estimate of drug-likeness (QED) is 0.478. The number of benzene rings is 2. The van der Waals surface area contributed by atoms with Crippen LogP contribution in [0.2, 0.25) is 0 Å². The van der Waals surface area contributed by atoms with Gasteiger partial charge in [0.2, 0.25) is 0 Å². The Morgan fingerprint density at radius 3 is 2.51 bits per heavy atom. The third kappa shape index (κ3) is 5.23. The standard InChI is InChI=1S/C27H34FNO6/c1-17-23(32-2)14-22(24(28)25(17)33-3)21-8-7-20(13-19(21)16-35-15-18-5-4-6-18)29-27(26(30)31)9-11-34-12-10-27/h7-8,13-14,18,29H,4-6,9-12,15-16H2,1-3H3,(H,30,31). The molecule has 8 heteroatoms. The van der Waals surface area contributed by atoms with E-state index in [1.54, 1.807) is 32.2 Å². The molecule has 2 N–H and O–H groups in total. The molecule has 0 atom stereocenters. The Bertz CT molecular complexity index is 1060. The first-order valence-electron chi connectivity index (χ1n) is 12.1. The van der Waals surface area contributed by atoms with Crippen molar-refractivity contribution in [2.45, 2.75) is 51.2 Å². The van der Waals surface area contributed by atoms with E-state index in [0.717, 1.165) is 5.56 Å². The maximum Gasteiger partial charge on any atom is 0.329 e. The third-order valence-electron chi connectivity index (χ3n) is 7.22. The summed E-state index contributed by atoms with van der Waals surface area (Å²) in [6, 6.07) is 7.10. The zero-order chi connectivity index (χ0) is 25.0. The van der Waals surface area contributed by atoms with Crippen molar-refractivity contribution in [3.8, 4) is 22.6 Å². The van der Waals surface area contributed by atoms with Crippen LogP contribution < -0.4 is 14.8 Å². The van der Waals surface area contributed by atoms with Crippen LogP contribution >= 0.6 is 0 Å². The number of rotatable bonds is 10. The molecule has 1 aliphatic carbocycles. The van der Waals surface area contributed by atoms with Crippen molar-refractivity contribution in [3.05, 3.63) is 41.2 Å². The van der Waals surface area contributed by atoms with E-state index in [0.29, 0.717) is 66.7 Å². The predicted molar refractivity (Wildman–Crippen MR) is 131 cm³/mol. The Kier molecular flexibility index (Phi) is 7.82. The molecule has 2 aliphatic rings. The highest BCUT2D eigenvalue weighted by Gasteiger charge is 2.40. The van der Waals surface area contributed by atoms with Crippen molar-refractivity contribution in [2.75, 3.05) is 39.4 Å². The van der Waals surface area contributed by atoms with Crippen molar-refractivity contribution >= 4 is 11.7 Å². The van der Waals surface area contributed by atoms with Crippen LogP contribution in [0.15, 0.2) is 24.3 Å². The van der Waals surface area contributed by atoms with Gasteiger partial charge in [-0.3, -0.25) is 0 Å². The summed E-state index contributed by atoms with van der Waals surface area (Å²) >= 11 is 0. The minimum atomic E-state index is -1.11. The fraction of sp³-hybridized carbons (Fsp3) is 0.519. The van der Waals surface area contributed by atoms with Crippen LogP contribution in [0.25, 0.3) is 11.1 Å². The van der Waals surface area contributed by atoms with Gasteiger partial charge < -0.3 is 29.4 Å². The lowest BCUT2D eigenvalue weighted by molar-refractivity contribution is -0.145. The second-order valence-electron chi connectivity index (χ2n) is 9.41. The highest BCUT2D eigenvalue weighted by molar-refractivity contribution is 5.83. The van der Waals surface area contributed by atoms with Crippen LogP contribution in [-0.2, 0) is 20.9 Å². The molecule has 0 spiro atoms. The second kappa shape index (κ2) is 10.8. The summed E-state index contributed by atoms with van der Waals surface area (Å²) in [7, 11) is 2.97. The number of carboxylic acid groups (broad SMARTS) is 1. The molecular weight excluding hydrogens is 453 g/mol. The molecule has 2 aromatic carbocycles. The Balaban J connectivity index is 1.72. The fourth-order valence-electron chi connectivity index (χ4n) is 4.79. The Labute approximate surface area is 205 Å². The molecule has 2 fully saturated rings. The summed E-state index contributed by atoms with van der Waals surface area (Å²) in [5.41, 5.74) is 1.87. The van der Waals surface area contributed by atoms with Gasteiger partial charge in [0.25, 0.3) is 0 Å². The average Bonchev–Trinajstić information content (AvgIpc) is 2.82. The van der Waals surface area contributed by atoms with E-state index in [-0.39, 0.29) is 12.4 Å². The largest absolute Gasteiger partial charge is 0.496 e. The lowest BCUT2D eigenvalue weighted by atomic mass is 9.86. The summed E-state index contributed by atoms with van der Waals surface area (Å²) in [5.74, 6) is -0.165. The van der Waals surface area contributed by atoms with Gasteiger partial charge in [0.15, 0.2) is 11.6 Å². The average molecular weight is 488 g/mol. The first-order valence-corrected chi connectivity index (χ1v) is 12.1. The van der Waals surface area contributed by atoms with Crippen LogP contribution in [0.5, 0.6) is 11.5 Å². The van der Waals surface area contributed by atoms with Gasteiger partial charge in [-0.2, -0.15) is 0 Å². The van der Waals surface area contributed by atoms with E-state index >= 15 is 4.39 Å². The van der Waals surface area contributed by atoms with Crippen LogP contribution in [-0.4, -0.2) is 50.7 Å². The molecule has 35 heavy (non-hydrogen) atoms. The minimum absolute atomic E-state index is 0.134. The zero-order valence-electron chi connectivity index (χ0n) is 20.6. The van der Waals surface area contributed by atoms with Crippen LogP contribution in [0.1, 0.15) is 43.2 Å². The molecule has 0 bridgehead atoms. The smallest absolute Gasteiger partial charge is 0.329 e. The maximum atomic E-state index is 15.5. The molecular formula is C27H34FNO6. The van der Waals surface area contributed by atoms with Gasteiger partial charge in [-0.15, -0.1) is 0 Å². The number of hydrogen-bond donors (Lipinski definition) is 2. The van der Waals surface area contributed by atoms with Gasteiger partial charge in [0, 0.05) is 49.5 Å². The molecule has 0 aromatic heterocycles. The predicted octanol–water partition coefficient (Wildman–Crippen LogP) is 5.18. The van der Waals surface area contributed by atoms with Gasteiger partial charge >= 0.3 is 5.97 Å².